The maximum absolute atomic E-state index is 12.4. The Hall–Kier alpha value is -2.25. The second kappa shape index (κ2) is 13.5. The lowest BCUT2D eigenvalue weighted by Gasteiger charge is -2.27. The summed E-state index contributed by atoms with van der Waals surface area (Å²) >= 11 is 0. The molecule has 1 aromatic rings. The van der Waals surface area contributed by atoms with Crippen LogP contribution < -0.4 is 10.6 Å². The third-order valence-electron chi connectivity index (χ3n) is 3.82. The molecule has 0 aromatic heterocycles. The molecule has 0 saturated carbocycles. The summed E-state index contributed by atoms with van der Waals surface area (Å²) in [6.45, 7) is 25.1. The van der Waals surface area contributed by atoms with Crippen molar-refractivity contribution < 1.29 is 9.53 Å². The molecule has 0 aliphatic carbocycles. The van der Waals surface area contributed by atoms with Gasteiger partial charge < -0.3 is 10.1 Å². The Labute approximate surface area is 205 Å². The molecule has 188 valence electrons. The van der Waals surface area contributed by atoms with E-state index in [0.717, 1.165) is 11.1 Å². The fraction of sp³-hybridized carbons (Fsp3) is 0.621. The van der Waals surface area contributed by atoms with Gasteiger partial charge in [0, 0.05) is 22.1 Å². The number of nitrogens with one attached hydrogen (secondary N) is 2. The summed E-state index contributed by atoms with van der Waals surface area (Å²) in [5.74, 6) is 3.00. The monoisotopic (exact) mass is 458 g/mol. The van der Waals surface area contributed by atoms with E-state index in [1.165, 1.54) is 0 Å². The summed E-state index contributed by atoms with van der Waals surface area (Å²) < 4.78 is 5.11. The first-order valence-corrected chi connectivity index (χ1v) is 11.3. The standard InChI is InChI=1S/C17H25NO.C11H21NO.CH4/c1-16(2,3)14(15(19)18-17(4,5)6)12-13-10-8-7-9-11-13;1-10(2,3)7-8-13-9-12-11(4,5)6;/h7-12H,1-6H3,(H,18,19);12H,9H2,1-6H3;1H4/b14-12-;;. The van der Waals surface area contributed by atoms with E-state index in [1.54, 1.807) is 0 Å². The summed E-state index contributed by atoms with van der Waals surface area (Å²) in [7, 11) is 0. The summed E-state index contributed by atoms with van der Waals surface area (Å²) in [5.41, 5.74) is 1.54. The highest BCUT2D eigenvalue weighted by Crippen LogP contribution is 2.28. The molecule has 0 atom stereocenters. The molecule has 1 amide bonds. The van der Waals surface area contributed by atoms with E-state index in [-0.39, 0.29) is 35.2 Å². The van der Waals surface area contributed by atoms with Crippen LogP contribution in [0.5, 0.6) is 0 Å². The lowest BCUT2D eigenvalue weighted by Crippen LogP contribution is -2.43. The summed E-state index contributed by atoms with van der Waals surface area (Å²) in [6, 6.07) is 9.96. The largest absolute Gasteiger partial charge is 0.431 e. The Morgan fingerprint density at radius 3 is 1.79 bits per heavy atom. The van der Waals surface area contributed by atoms with Gasteiger partial charge in [0.1, 0.15) is 6.11 Å². The van der Waals surface area contributed by atoms with Crippen LogP contribution in [-0.4, -0.2) is 23.7 Å². The van der Waals surface area contributed by atoms with Crippen LogP contribution in [-0.2, 0) is 9.53 Å². The lowest BCUT2D eigenvalue weighted by atomic mass is 9.84. The number of ether oxygens (including phenoxy) is 1. The zero-order chi connectivity index (χ0) is 25.2. The fourth-order valence-corrected chi connectivity index (χ4v) is 2.22. The van der Waals surface area contributed by atoms with Gasteiger partial charge >= 0.3 is 0 Å². The van der Waals surface area contributed by atoms with Crippen molar-refractivity contribution in [1.29, 1.82) is 0 Å². The first kappa shape index (κ1) is 32.9. The van der Waals surface area contributed by atoms with Crippen LogP contribution in [0.2, 0.25) is 0 Å². The normalized spacial score (nSPS) is 12.3. The molecular formula is C29H50N2O2. The molecule has 1 aromatic carbocycles. The maximum Gasteiger partial charge on any atom is 0.248 e. The van der Waals surface area contributed by atoms with Gasteiger partial charge in [0.25, 0.3) is 0 Å². The van der Waals surface area contributed by atoms with E-state index >= 15 is 0 Å². The first-order chi connectivity index (χ1) is 14.3. The van der Waals surface area contributed by atoms with Gasteiger partial charge in [0.2, 0.25) is 5.91 Å². The van der Waals surface area contributed by atoms with Crippen molar-refractivity contribution in [3.8, 4) is 12.0 Å². The zero-order valence-corrected chi connectivity index (χ0v) is 22.5. The fourth-order valence-electron chi connectivity index (χ4n) is 2.22. The predicted molar refractivity (Wildman–Crippen MR) is 145 cm³/mol. The van der Waals surface area contributed by atoms with Gasteiger partial charge in [-0.15, -0.1) is 0 Å². The van der Waals surface area contributed by atoms with Crippen LogP contribution in [0.15, 0.2) is 35.9 Å². The number of benzene rings is 1. The van der Waals surface area contributed by atoms with Crippen molar-refractivity contribution >= 4 is 12.0 Å². The molecule has 4 nitrogen and oxygen atoms in total. The highest BCUT2D eigenvalue weighted by Gasteiger charge is 2.26. The molecule has 33 heavy (non-hydrogen) atoms. The number of carbonyl (C=O) groups is 1. The molecule has 0 saturated heterocycles. The van der Waals surface area contributed by atoms with Gasteiger partial charge in [0.05, 0.1) is 0 Å². The summed E-state index contributed by atoms with van der Waals surface area (Å²) in [5, 5.41) is 6.22. The number of hydrogen-bond acceptors (Lipinski definition) is 3. The van der Waals surface area contributed by atoms with Crippen molar-refractivity contribution in [3.05, 3.63) is 41.5 Å². The Balaban J connectivity index is 0. The Kier molecular flexibility index (Phi) is 13.4. The minimum atomic E-state index is -0.224. The second-order valence-electron chi connectivity index (χ2n) is 12.1. The van der Waals surface area contributed by atoms with Crippen molar-refractivity contribution in [2.45, 2.75) is 102 Å². The Morgan fingerprint density at radius 2 is 1.39 bits per heavy atom. The van der Waals surface area contributed by atoms with Crippen molar-refractivity contribution in [3.63, 3.8) is 0 Å². The van der Waals surface area contributed by atoms with Gasteiger partial charge in [-0.1, -0.05) is 64.5 Å². The smallest absolute Gasteiger partial charge is 0.248 e. The Morgan fingerprint density at radius 1 is 0.879 bits per heavy atom. The molecule has 1 rings (SSSR count). The second-order valence-corrected chi connectivity index (χ2v) is 12.1. The van der Waals surface area contributed by atoms with Crippen LogP contribution in [0.3, 0.4) is 0 Å². The van der Waals surface area contributed by atoms with E-state index in [4.69, 9.17) is 4.74 Å². The van der Waals surface area contributed by atoms with Crippen molar-refractivity contribution in [2.75, 3.05) is 6.73 Å². The van der Waals surface area contributed by atoms with Gasteiger partial charge in [-0.05, 0) is 79.4 Å². The average Bonchev–Trinajstić information content (AvgIpc) is 2.56. The minimum absolute atomic E-state index is 0. The van der Waals surface area contributed by atoms with Crippen LogP contribution in [0.25, 0.3) is 6.08 Å². The minimum Gasteiger partial charge on any atom is -0.431 e. The van der Waals surface area contributed by atoms with E-state index in [2.05, 4.69) is 85.0 Å². The molecule has 0 aliphatic rings. The topological polar surface area (TPSA) is 50.4 Å². The van der Waals surface area contributed by atoms with Gasteiger partial charge in [-0.25, -0.2) is 0 Å². The number of rotatable bonds is 4. The molecule has 0 heterocycles. The average molecular weight is 459 g/mol. The molecule has 0 bridgehead atoms. The molecule has 0 spiro atoms. The zero-order valence-electron chi connectivity index (χ0n) is 22.5. The quantitative estimate of drug-likeness (QED) is 0.220. The SMILES string of the molecule is C.CC(C)(C)C#COCNC(C)(C)C.CC(C)(C)NC(=O)/C(=C/c1ccccc1)C(C)(C)C. The van der Waals surface area contributed by atoms with E-state index < -0.39 is 0 Å². The summed E-state index contributed by atoms with van der Waals surface area (Å²) in [4.78, 5) is 12.4. The van der Waals surface area contributed by atoms with Crippen molar-refractivity contribution in [1.82, 2.24) is 10.6 Å². The molecule has 0 aliphatic heterocycles. The van der Waals surface area contributed by atoms with Crippen LogP contribution >= 0.6 is 0 Å². The molecule has 0 radical (unpaired) electrons. The van der Waals surface area contributed by atoms with Crippen LogP contribution in [0.1, 0.15) is 96.1 Å². The third kappa shape index (κ3) is 19.0. The van der Waals surface area contributed by atoms with Gasteiger partial charge in [-0.2, -0.15) is 0 Å². The molecule has 0 fully saturated rings. The molecule has 2 N–H and O–H groups in total. The van der Waals surface area contributed by atoms with Crippen LogP contribution in [0, 0.1) is 22.9 Å². The van der Waals surface area contributed by atoms with Crippen molar-refractivity contribution in [2.24, 2.45) is 10.8 Å². The van der Waals surface area contributed by atoms with Crippen LogP contribution in [0.4, 0.5) is 0 Å². The Bertz CT molecular complexity index is 785. The number of carbonyl (C=O) groups excluding carboxylic acids is 1. The third-order valence-corrected chi connectivity index (χ3v) is 3.82. The molecular weight excluding hydrogens is 408 g/mol. The lowest BCUT2D eigenvalue weighted by molar-refractivity contribution is -0.119. The van der Waals surface area contributed by atoms with Gasteiger partial charge in [0.15, 0.2) is 6.73 Å². The van der Waals surface area contributed by atoms with E-state index in [9.17, 15) is 4.79 Å². The maximum atomic E-state index is 12.4. The number of amides is 1. The highest BCUT2D eigenvalue weighted by atomic mass is 16.5. The summed E-state index contributed by atoms with van der Waals surface area (Å²) in [6.07, 6.45) is 4.66. The highest BCUT2D eigenvalue weighted by molar-refractivity contribution is 5.99. The predicted octanol–water partition coefficient (Wildman–Crippen LogP) is 7.02. The first-order valence-electron chi connectivity index (χ1n) is 11.3. The van der Waals surface area contributed by atoms with E-state index in [0.29, 0.717) is 6.73 Å². The van der Waals surface area contributed by atoms with E-state index in [1.807, 2.05) is 57.2 Å². The van der Waals surface area contributed by atoms with Gasteiger partial charge in [-0.3, -0.25) is 10.1 Å². The molecule has 0 unspecified atom stereocenters. The molecule has 4 heteroatoms. The number of hydrogen-bond donors (Lipinski definition) is 2.